The van der Waals surface area contributed by atoms with Crippen LogP contribution in [-0.4, -0.2) is 37.9 Å². The van der Waals surface area contributed by atoms with Crippen molar-refractivity contribution < 1.29 is 14.6 Å². The smallest absolute Gasteiger partial charge is 0.342 e. The van der Waals surface area contributed by atoms with Crippen molar-refractivity contribution in [3.05, 3.63) is 99.5 Å². The summed E-state index contributed by atoms with van der Waals surface area (Å²) in [6, 6.07) is 22.5. The first-order valence-electron chi connectivity index (χ1n) is 11.4. The van der Waals surface area contributed by atoms with E-state index in [2.05, 4.69) is 25.8 Å². The molecule has 0 bridgehead atoms. The highest BCUT2D eigenvalue weighted by Crippen LogP contribution is 2.34. The van der Waals surface area contributed by atoms with Gasteiger partial charge in [-0.2, -0.15) is 5.26 Å². The van der Waals surface area contributed by atoms with Crippen molar-refractivity contribution in [1.29, 1.82) is 5.26 Å². The molecule has 38 heavy (non-hydrogen) atoms. The van der Waals surface area contributed by atoms with Gasteiger partial charge in [0, 0.05) is 34.2 Å². The highest BCUT2D eigenvalue weighted by atomic mass is 35.5. The van der Waals surface area contributed by atoms with Crippen LogP contribution in [0.25, 0.3) is 28.4 Å². The zero-order chi connectivity index (χ0) is 26.6. The first-order valence-corrected chi connectivity index (χ1v) is 12.6. The number of carboxylic acid groups (broad SMARTS) is 1. The van der Waals surface area contributed by atoms with Gasteiger partial charge in [0.2, 0.25) is 5.16 Å². The highest BCUT2D eigenvalue weighted by Gasteiger charge is 2.18. The van der Waals surface area contributed by atoms with Gasteiger partial charge in [-0.3, -0.25) is 5.10 Å². The molecule has 0 radical (unpaired) electrons. The molecule has 0 amide bonds. The minimum atomic E-state index is -1.09. The molecule has 0 saturated heterocycles. The zero-order valence-corrected chi connectivity index (χ0v) is 21.6. The van der Waals surface area contributed by atoms with E-state index in [1.807, 2.05) is 42.6 Å². The van der Waals surface area contributed by atoms with Gasteiger partial charge in [0.15, 0.2) is 5.82 Å². The number of methoxy groups -OCH3 is 1. The molecule has 2 aromatic heterocycles. The number of aromatic amines is 1. The van der Waals surface area contributed by atoms with Gasteiger partial charge in [-0.15, -0.1) is 5.10 Å². The van der Waals surface area contributed by atoms with Crippen LogP contribution in [0.4, 0.5) is 0 Å². The SMILES string of the molecule is COc1ccc(Cl)cc1-c1nc(S/C(=C\c2cn(Cc3ccc(C#N)cc3)c3ccccc23)C(=O)O)n[nH]1. The second kappa shape index (κ2) is 10.8. The van der Waals surface area contributed by atoms with Crippen molar-refractivity contribution in [2.75, 3.05) is 7.11 Å². The third-order valence-electron chi connectivity index (χ3n) is 5.84. The van der Waals surface area contributed by atoms with Crippen LogP contribution in [0, 0.1) is 11.3 Å². The van der Waals surface area contributed by atoms with Crippen molar-refractivity contribution in [3.8, 4) is 23.2 Å². The molecule has 5 aromatic rings. The molecule has 8 nitrogen and oxygen atoms in total. The molecule has 0 fully saturated rings. The van der Waals surface area contributed by atoms with Crippen molar-refractivity contribution in [3.63, 3.8) is 0 Å². The quantitative estimate of drug-likeness (QED) is 0.177. The Morgan fingerprint density at radius 1 is 1.21 bits per heavy atom. The van der Waals surface area contributed by atoms with Gasteiger partial charge >= 0.3 is 5.97 Å². The van der Waals surface area contributed by atoms with Crippen LogP contribution in [0.5, 0.6) is 5.75 Å². The summed E-state index contributed by atoms with van der Waals surface area (Å²) in [5.41, 5.74) is 3.96. The molecule has 3 aromatic carbocycles. The fraction of sp³-hybridized carbons (Fsp3) is 0.0714. The van der Waals surface area contributed by atoms with E-state index in [0.29, 0.717) is 34.3 Å². The number of aromatic nitrogens is 4. The van der Waals surface area contributed by atoms with Crippen LogP contribution in [0.1, 0.15) is 16.7 Å². The van der Waals surface area contributed by atoms with Gasteiger partial charge in [-0.1, -0.05) is 41.9 Å². The molecule has 0 aliphatic rings. The van der Waals surface area contributed by atoms with Crippen molar-refractivity contribution >= 4 is 46.3 Å². The number of rotatable bonds is 8. The first-order chi connectivity index (χ1) is 18.4. The molecule has 5 rings (SSSR count). The minimum Gasteiger partial charge on any atom is -0.496 e. The lowest BCUT2D eigenvalue weighted by atomic mass is 10.1. The fourth-order valence-corrected chi connectivity index (χ4v) is 4.92. The van der Waals surface area contributed by atoms with E-state index in [1.165, 1.54) is 0 Å². The molecular formula is C28H20ClN5O3S. The number of nitrogens with one attached hydrogen (secondary N) is 1. The third-order valence-corrected chi connectivity index (χ3v) is 6.95. The summed E-state index contributed by atoms with van der Waals surface area (Å²) in [4.78, 5) is 16.7. The number of para-hydroxylation sites is 1. The Hall–Kier alpha value is -4.52. The Balaban J connectivity index is 1.47. The zero-order valence-electron chi connectivity index (χ0n) is 20.1. The number of nitrogens with zero attached hydrogens (tertiary/aromatic N) is 4. The summed E-state index contributed by atoms with van der Waals surface area (Å²) in [5, 5.41) is 27.7. The molecule has 2 heterocycles. The van der Waals surface area contributed by atoms with E-state index < -0.39 is 5.97 Å². The molecule has 0 spiro atoms. The largest absolute Gasteiger partial charge is 0.496 e. The standard InChI is InChI=1S/C28H20ClN5O3S/c1-37-24-11-10-20(29)13-22(24)26-31-28(33-32-26)38-25(27(35)36)12-19-16-34(23-5-3-2-4-21(19)23)15-18-8-6-17(14-30)7-9-18/h2-13,16H,15H2,1H3,(H,35,36)(H,31,32,33)/b25-12-. The second-order valence-corrected chi connectivity index (χ2v) is 9.71. The number of nitriles is 1. The summed E-state index contributed by atoms with van der Waals surface area (Å²) < 4.78 is 7.44. The van der Waals surface area contributed by atoms with Crippen molar-refractivity contribution in [2.24, 2.45) is 0 Å². The van der Waals surface area contributed by atoms with Gasteiger partial charge < -0.3 is 14.4 Å². The Labute approximate surface area is 227 Å². The molecular weight excluding hydrogens is 522 g/mol. The summed E-state index contributed by atoms with van der Waals surface area (Å²) >= 11 is 7.08. The topological polar surface area (TPSA) is 117 Å². The van der Waals surface area contributed by atoms with Gasteiger partial charge in [0.1, 0.15) is 10.7 Å². The molecule has 10 heteroatoms. The van der Waals surface area contributed by atoms with E-state index in [9.17, 15) is 9.90 Å². The summed E-state index contributed by atoms with van der Waals surface area (Å²) in [7, 11) is 1.54. The average molecular weight is 542 g/mol. The second-order valence-electron chi connectivity index (χ2n) is 8.27. The van der Waals surface area contributed by atoms with Gasteiger partial charge in [-0.25, -0.2) is 9.78 Å². The number of hydrogen-bond acceptors (Lipinski definition) is 6. The molecule has 0 aliphatic heterocycles. The Morgan fingerprint density at radius 3 is 2.74 bits per heavy atom. The Kier molecular flexibility index (Phi) is 7.18. The van der Waals surface area contributed by atoms with Gasteiger partial charge in [0.05, 0.1) is 24.3 Å². The predicted molar refractivity (Wildman–Crippen MR) is 147 cm³/mol. The molecule has 0 saturated carbocycles. The lowest BCUT2D eigenvalue weighted by Crippen LogP contribution is -1.98. The number of halogens is 1. The molecule has 2 N–H and O–H groups in total. The maximum atomic E-state index is 12.2. The number of hydrogen-bond donors (Lipinski definition) is 2. The van der Waals surface area contributed by atoms with E-state index in [4.69, 9.17) is 21.6 Å². The predicted octanol–water partition coefficient (Wildman–Crippen LogP) is 6.23. The number of ether oxygens (including phenoxy) is 1. The normalized spacial score (nSPS) is 11.4. The van der Waals surface area contributed by atoms with Gasteiger partial charge in [-0.05, 0) is 59.8 Å². The van der Waals surface area contributed by atoms with Crippen molar-refractivity contribution in [1.82, 2.24) is 19.7 Å². The summed E-state index contributed by atoms with van der Waals surface area (Å²) in [6.45, 7) is 0.571. The highest BCUT2D eigenvalue weighted by molar-refractivity contribution is 8.04. The number of fused-ring (bicyclic) bond motifs is 1. The Morgan fingerprint density at radius 2 is 2.00 bits per heavy atom. The molecule has 0 unspecified atom stereocenters. The maximum absolute atomic E-state index is 12.2. The van der Waals surface area contributed by atoms with E-state index in [-0.39, 0.29) is 10.1 Å². The summed E-state index contributed by atoms with van der Waals surface area (Å²) in [5.74, 6) is -0.118. The van der Waals surface area contributed by atoms with Crippen molar-refractivity contribution in [2.45, 2.75) is 11.7 Å². The lowest BCUT2D eigenvalue weighted by molar-refractivity contribution is -0.131. The van der Waals surface area contributed by atoms with E-state index in [1.54, 1.807) is 43.5 Å². The number of aliphatic carboxylic acids is 1. The van der Waals surface area contributed by atoms with Crippen LogP contribution in [0.3, 0.4) is 0 Å². The van der Waals surface area contributed by atoms with Crippen LogP contribution in [-0.2, 0) is 11.3 Å². The fourth-order valence-electron chi connectivity index (χ4n) is 4.05. The monoisotopic (exact) mass is 541 g/mol. The van der Waals surface area contributed by atoms with Crippen LogP contribution >= 0.6 is 23.4 Å². The van der Waals surface area contributed by atoms with E-state index >= 15 is 0 Å². The number of thioether (sulfide) groups is 1. The number of H-pyrrole nitrogens is 1. The maximum Gasteiger partial charge on any atom is 0.342 e. The number of carbonyl (C=O) groups is 1. The molecule has 0 atom stereocenters. The van der Waals surface area contributed by atoms with Crippen LogP contribution < -0.4 is 4.74 Å². The lowest BCUT2D eigenvalue weighted by Gasteiger charge is -2.05. The minimum absolute atomic E-state index is 0.0647. The van der Waals surface area contributed by atoms with Crippen LogP contribution in [0.2, 0.25) is 5.02 Å². The molecule has 188 valence electrons. The number of benzene rings is 3. The van der Waals surface area contributed by atoms with Crippen LogP contribution in [0.15, 0.2) is 83.0 Å². The first kappa shape index (κ1) is 25.1. The Bertz CT molecular complexity index is 1720. The summed E-state index contributed by atoms with van der Waals surface area (Å²) in [6.07, 6.45) is 3.55. The third kappa shape index (κ3) is 5.27. The van der Waals surface area contributed by atoms with Gasteiger partial charge in [0.25, 0.3) is 0 Å². The number of carboxylic acids is 1. The molecule has 0 aliphatic carbocycles. The average Bonchev–Trinajstić information content (AvgIpc) is 3.53. The van der Waals surface area contributed by atoms with E-state index in [0.717, 1.165) is 33.8 Å².